The maximum absolute atomic E-state index is 12.0. The summed E-state index contributed by atoms with van der Waals surface area (Å²) in [7, 11) is 1.97. The summed E-state index contributed by atoms with van der Waals surface area (Å²) >= 11 is 7.37. The number of thioether (sulfide) groups is 1. The van der Waals surface area contributed by atoms with Gasteiger partial charge in [-0.25, -0.2) is 9.97 Å². The number of nitrogens with zero attached hydrogens (tertiary/aromatic N) is 4. The van der Waals surface area contributed by atoms with E-state index in [4.69, 9.17) is 16.3 Å². The molecule has 7 nitrogen and oxygen atoms in total. The minimum absolute atomic E-state index is 0.0229. The molecule has 0 saturated carbocycles. The van der Waals surface area contributed by atoms with Gasteiger partial charge < -0.3 is 15.0 Å². The van der Waals surface area contributed by atoms with Crippen molar-refractivity contribution in [1.29, 1.82) is 0 Å². The topological polar surface area (TPSA) is 70.6 Å². The monoisotopic (exact) mass is 387 g/mol. The Morgan fingerprint density at radius 1 is 1.44 bits per heavy atom. The molecule has 1 fully saturated rings. The summed E-state index contributed by atoms with van der Waals surface area (Å²) in [5, 5.41) is 3.85. The van der Waals surface area contributed by atoms with Crippen molar-refractivity contribution in [2.75, 3.05) is 63.6 Å². The van der Waals surface area contributed by atoms with Crippen LogP contribution in [-0.4, -0.2) is 79.5 Å². The van der Waals surface area contributed by atoms with Gasteiger partial charge in [0, 0.05) is 45.8 Å². The summed E-state index contributed by atoms with van der Waals surface area (Å²) in [6, 6.07) is 1.74. The molecule has 9 heteroatoms. The Hall–Kier alpha value is -1.09. The highest BCUT2D eigenvalue weighted by Crippen LogP contribution is 2.21. The Morgan fingerprint density at radius 3 is 2.92 bits per heavy atom. The van der Waals surface area contributed by atoms with Crippen LogP contribution in [0.4, 0.5) is 5.82 Å². The third-order valence-electron chi connectivity index (χ3n) is 3.80. The van der Waals surface area contributed by atoms with E-state index in [0.29, 0.717) is 16.9 Å². The molecule has 1 aromatic heterocycles. The first-order chi connectivity index (χ1) is 12.1. The van der Waals surface area contributed by atoms with E-state index < -0.39 is 0 Å². The lowest BCUT2D eigenvalue weighted by molar-refractivity contribution is -0.118. The number of anilines is 1. The van der Waals surface area contributed by atoms with Crippen LogP contribution >= 0.6 is 23.4 Å². The zero-order valence-corrected chi connectivity index (χ0v) is 16.4. The standard InChI is InChI=1S/C16H26ClN5O2S/c1-3-5-21(2)14-11-13(17)19-16(20-14)25-12-15(23)18-4-6-22-7-9-24-10-8-22/h11H,3-10,12H2,1-2H3,(H,18,23). The number of nitrogens with one attached hydrogen (secondary N) is 1. The lowest BCUT2D eigenvalue weighted by Crippen LogP contribution is -2.41. The summed E-state index contributed by atoms with van der Waals surface area (Å²) in [5.74, 6) is 1.03. The van der Waals surface area contributed by atoms with Crippen LogP contribution < -0.4 is 10.2 Å². The second-order valence-electron chi connectivity index (χ2n) is 5.85. The number of rotatable bonds is 9. The largest absolute Gasteiger partial charge is 0.379 e. The van der Waals surface area contributed by atoms with E-state index in [2.05, 4.69) is 27.1 Å². The fourth-order valence-electron chi connectivity index (χ4n) is 2.45. The van der Waals surface area contributed by atoms with E-state index >= 15 is 0 Å². The van der Waals surface area contributed by atoms with E-state index in [-0.39, 0.29) is 11.7 Å². The molecular weight excluding hydrogens is 362 g/mol. The van der Waals surface area contributed by atoms with Crippen molar-refractivity contribution in [2.24, 2.45) is 0 Å². The second-order valence-corrected chi connectivity index (χ2v) is 7.18. The van der Waals surface area contributed by atoms with Gasteiger partial charge in [-0.3, -0.25) is 9.69 Å². The number of carbonyl (C=O) groups is 1. The number of hydrogen-bond donors (Lipinski definition) is 1. The molecule has 1 aliphatic heterocycles. The molecule has 1 N–H and O–H groups in total. The minimum Gasteiger partial charge on any atom is -0.379 e. The molecule has 0 radical (unpaired) electrons. The molecule has 0 unspecified atom stereocenters. The van der Waals surface area contributed by atoms with Gasteiger partial charge in [0.2, 0.25) is 5.91 Å². The number of aromatic nitrogens is 2. The average molecular weight is 388 g/mol. The number of hydrogen-bond acceptors (Lipinski definition) is 7. The van der Waals surface area contributed by atoms with Crippen LogP contribution in [0.15, 0.2) is 11.2 Å². The summed E-state index contributed by atoms with van der Waals surface area (Å²) in [6.45, 7) is 7.87. The lowest BCUT2D eigenvalue weighted by Gasteiger charge is -2.26. The van der Waals surface area contributed by atoms with Crippen molar-refractivity contribution in [2.45, 2.75) is 18.5 Å². The molecule has 1 saturated heterocycles. The zero-order chi connectivity index (χ0) is 18.1. The molecule has 2 heterocycles. The highest BCUT2D eigenvalue weighted by molar-refractivity contribution is 7.99. The second kappa shape index (κ2) is 10.8. The van der Waals surface area contributed by atoms with E-state index in [1.54, 1.807) is 6.07 Å². The summed E-state index contributed by atoms with van der Waals surface area (Å²) in [5.41, 5.74) is 0. The predicted molar refractivity (Wildman–Crippen MR) is 102 cm³/mol. The summed E-state index contributed by atoms with van der Waals surface area (Å²) in [4.78, 5) is 25.0. The van der Waals surface area contributed by atoms with E-state index in [1.807, 2.05) is 11.9 Å². The summed E-state index contributed by atoms with van der Waals surface area (Å²) < 4.78 is 5.31. The maximum Gasteiger partial charge on any atom is 0.230 e. The molecular formula is C16H26ClN5O2S. The number of halogens is 1. The van der Waals surface area contributed by atoms with Crippen molar-refractivity contribution in [3.8, 4) is 0 Å². The molecule has 25 heavy (non-hydrogen) atoms. The molecule has 0 aliphatic carbocycles. The Balaban J connectivity index is 1.74. The molecule has 0 atom stereocenters. The quantitative estimate of drug-likeness (QED) is 0.391. The molecule has 2 rings (SSSR count). The molecule has 1 amide bonds. The molecule has 0 bridgehead atoms. The van der Waals surface area contributed by atoms with Crippen molar-refractivity contribution in [3.05, 3.63) is 11.2 Å². The highest BCUT2D eigenvalue weighted by atomic mass is 35.5. The van der Waals surface area contributed by atoms with Crippen LogP contribution in [0.5, 0.6) is 0 Å². The third kappa shape index (κ3) is 7.35. The van der Waals surface area contributed by atoms with Crippen LogP contribution in [0.1, 0.15) is 13.3 Å². The van der Waals surface area contributed by atoms with Gasteiger partial charge in [-0.1, -0.05) is 30.3 Å². The first-order valence-corrected chi connectivity index (χ1v) is 9.90. The number of carbonyl (C=O) groups excluding carboxylic acids is 1. The van der Waals surface area contributed by atoms with Crippen molar-refractivity contribution in [1.82, 2.24) is 20.2 Å². The zero-order valence-electron chi connectivity index (χ0n) is 14.8. The average Bonchev–Trinajstić information content (AvgIpc) is 2.61. The van der Waals surface area contributed by atoms with Crippen LogP contribution in [0.3, 0.4) is 0 Å². The van der Waals surface area contributed by atoms with Crippen LogP contribution in [0.2, 0.25) is 5.15 Å². The van der Waals surface area contributed by atoms with Gasteiger partial charge in [0.1, 0.15) is 11.0 Å². The van der Waals surface area contributed by atoms with E-state index in [0.717, 1.165) is 51.6 Å². The van der Waals surface area contributed by atoms with Gasteiger partial charge in [0.25, 0.3) is 0 Å². The Morgan fingerprint density at radius 2 is 2.20 bits per heavy atom. The van der Waals surface area contributed by atoms with Gasteiger partial charge in [0.15, 0.2) is 5.16 Å². The third-order valence-corrected chi connectivity index (χ3v) is 4.84. The Bertz CT molecular complexity index is 557. The van der Waals surface area contributed by atoms with E-state index in [1.165, 1.54) is 11.8 Å². The van der Waals surface area contributed by atoms with Crippen molar-refractivity contribution < 1.29 is 9.53 Å². The minimum atomic E-state index is -0.0229. The molecule has 140 valence electrons. The lowest BCUT2D eigenvalue weighted by atomic mass is 10.4. The molecule has 1 aliphatic rings. The van der Waals surface area contributed by atoms with E-state index in [9.17, 15) is 4.79 Å². The predicted octanol–water partition coefficient (Wildman–Crippen LogP) is 1.52. The molecule has 1 aromatic rings. The molecule has 0 spiro atoms. The molecule has 0 aromatic carbocycles. The summed E-state index contributed by atoms with van der Waals surface area (Å²) in [6.07, 6.45) is 1.02. The fraction of sp³-hybridized carbons (Fsp3) is 0.688. The Labute approximate surface area is 158 Å². The number of morpholine rings is 1. The van der Waals surface area contributed by atoms with Crippen LogP contribution in [-0.2, 0) is 9.53 Å². The van der Waals surface area contributed by atoms with Crippen LogP contribution in [0.25, 0.3) is 0 Å². The normalized spacial score (nSPS) is 15.2. The van der Waals surface area contributed by atoms with Crippen LogP contribution in [0, 0.1) is 0 Å². The first-order valence-electron chi connectivity index (χ1n) is 8.53. The van der Waals surface area contributed by atoms with Gasteiger partial charge in [-0.05, 0) is 6.42 Å². The van der Waals surface area contributed by atoms with Gasteiger partial charge >= 0.3 is 0 Å². The van der Waals surface area contributed by atoms with Gasteiger partial charge in [-0.2, -0.15) is 0 Å². The van der Waals surface area contributed by atoms with Crippen molar-refractivity contribution in [3.63, 3.8) is 0 Å². The van der Waals surface area contributed by atoms with Gasteiger partial charge in [-0.15, -0.1) is 0 Å². The SMILES string of the molecule is CCCN(C)c1cc(Cl)nc(SCC(=O)NCCN2CCOCC2)n1. The fourth-order valence-corrected chi connectivity index (χ4v) is 3.37. The number of amides is 1. The van der Waals surface area contributed by atoms with Crippen molar-refractivity contribution >= 4 is 35.1 Å². The maximum atomic E-state index is 12.0. The first kappa shape index (κ1) is 20.2. The highest BCUT2D eigenvalue weighted by Gasteiger charge is 2.12. The van der Waals surface area contributed by atoms with Gasteiger partial charge in [0.05, 0.1) is 19.0 Å². The Kier molecular flexibility index (Phi) is 8.74. The smallest absolute Gasteiger partial charge is 0.230 e. The number of ether oxygens (including phenoxy) is 1.